The summed E-state index contributed by atoms with van der Waals surface area (Å²) in [6.07, 6.45) is 4.94. The number of nitrogens with one attached hydrogen (secondary N) is 1. The molecule has 0 radical (unpaired) electrons. The van der Waals surface area contributed by atoms with E-state index >= 15 is 0 Å². The molecule has 0 heterocycles. The number of thioether (sulfide) groups is 1. The summed E-state index contributed by atoms with van der Waals surface area (Å²) in [7, 11) is 0. The first-order chi connectivity index (χ1) is 11.4. The van der Waals surface area contributed by atoms with Gasteiger partial charge >= 0.3 is 5.97 Å². The van der Waals surface area contributed by atoms with E-state index in [0.717, 1.165) is 42.1 Å². The van der Waals surface area contributed by atoms with Gasteiger partial charge in [0.05, 0.1) is 11.2 Å². The van der Waals surface area contributed by atoms with Crippen molar-refractivity contribution < 1.29 is 14.7 Å². The van der Waals surface area contributed by atoms with Gasteiger partial charge in [0.1, 0.15) is 0 Å². The van der Waals surface area contributed by atoms with Gasteiger partial charge in [-0.05, 0) is 37.5 Å². The number of carbonyl (C=O) groups excluding carboxylic acids is 1. The Labute approximate surface area is 159 Å². The second-order valence-electron chi connectivity index (χ2n) is 5.98. The average Bonchev–Trinajstić information content (AvgIpc) is 2.46. The summed E-state index contributed by atoms with van der Waals surface area (Å²) in [5.41, 5.74) is 1.56. The summed E-state index contributed by atoms with van der Waals surface area (Å²) >= 11 is 11.4. The first-order valence-corrected chi connectivity index (χ1v) is 10.0. The van der Waals surface area contributed by atoms with Crippen molar-refractivity contribution in [2.45, 2.75) is 50.2 Å². The van der Waals surface area contributed by atoms with E-state index in [-0.39, 0.29) is 16.4 Å². The van der Waals surface area contributed by atoms with Gasteiger partial charge in [-0.25, -0.2) is 0 Å². The molecule has 1 aliphatic rings. The summed E-state index contributed by atoms with van der Waals surface area (Å²) < 4.78 is 0.416. The summed E-state index contributed by atoms with van der Waals surface area (Å²) in [5.74, 6) is -0.894. The molecule has 0 atom stereocenters. The molecule has 0 saturated heterocycles. The molecular weight excluding hydrogens is 414 g/mol. The minimum atomic E-state index is -0.894. The van der Waals surface area contributed by atoms with Gasteiger partial charge in [0.2, 0.25) is 0 Å². The van der Waals surface area contributed by atoms with Crippen LogP contribution in [0.1, 0.15) is 50.2 Å². The van der Waals surface area contributed by atoms with Crippen LogP contribution in [0.5, 0.6) is 0 Å². The lowest BCUT2D eigenvalue weighted by Crippen LogP contribution is -2.31. The first kappa shape index (κ1) is 19.6. The van der Waals surface area contributed by atoms with E-state index in [1.165, 1.54) is 11.8 Å². The monoisotopic (exact) mass is 433 g/mol. The molecule has 1 amide bonds. The van der Waals surface area contributed by atoms with Crippen molar-refractivity contribution >= 4 is 50.5 Å². The molecule has 1 aliphatic carbocycles. The van der Waals surface area contributed by atoms with Gasteiger partial charge in [-0.1, -0.05) is 58.6 Å². The van der Waals surface area contributed by atoms with E-state index in [2.05, 4.69) is 21.2 Å². The topological polar surface area (TPSA) is 66.4 Å². The molecule has 1 saturated carbocycles. The van der Waals surface area contributed by atoms with Crippen LogP contribution in [-0.4, -0.2) is 22.9 Å². The van der Waals surface area contributed by atoms with Crippen LogP contribution in [0, 0.1) is 0 Å². The molecule has 132 valence electrons. The molecule has 4 nitrogen and oxygen atoms in total. The van der Waals surface area contributed by atoms with E-state index in [0.29, 0.717) is 17.1 Å². The van der Waals surface area contributed by atoms with Crippen molar-refractivity contribution in [3.05, 3.63) is 32.8 Å². The molecule has 2 N–H and O–H groups in total. The number of carbonyl (C=O) groups is 2. The number of halogens is 2. The van der Waals surface area contributed by atoms with Crippen LogP contribution in [0.25, 0.3) is 0 Å². The number of carboxylic acid groups (broad SMARTS) is 1. The van der Waals surface area contributed by atoms with E-state index in [1.807, 2.05) is 13.0 Å². The number of benzene rings is 1. The maximum atomic E-state index is 12.2. The minimum Gasteiger partial charge on any atom is -0.481 e. The second-order valence-corrected chi connectivity index (χ2v) is 8.60. The van der Waals surface area contributed by atoms with Gasteiger partial charge in [0.25, 0.3) is 5.24 Å². The number of hydrogen-bond acceptors (Lipinski definition) is 3. The molecule has 0 spiro atoms. The van der Waals surface area contributed by atoms with Crippen LogP contribution in [0.15, 0.2) is 16.6 Å². The van der Waals surface area contributed by atoms with Crippen molar-refractivity contribution in [1.82, 2.24) is 5.32 Å². The fourth-order valence-corrected chi connectivity index (χ4v) is 6.22. The fraction of sp³-hybridized carbons (Fsp3) is 0.529. The van der Waals surface area contributed by atoms with Crippen molar-refractivity contribution in [1.29, 1.82) is 0 Å². The van der Waals surface area contributed by atoms with Gasteiger partial charge in [0.15, 0.2) is 0 Å². The quantitative estimate of drug-likeness (QED) is 0.655. The van der Waals surface area contributed by atoms with Crippen LogP contribution in [-0.2, 0) is 16.0 Å². The molecular formula is C17H21BrClNO3S. The Balaban J connectivity index is 2.42. The normalized spacial score (nSPS) is 16.6. The molecule has 24 heavy (non-hydrogen) atoms. The minimum absolute atomic E-state index is 0.0445. The highest BCUT2D eigenvalue weighted by molar-refractivity contribution is 9.10. The second kappa shape index (κ2) is 8.59. The van der Waals surface area contributed by atoms with E-state index in [1.54, 1.807) is 6.07 Å². The van der Waals surface area contributed by atoms with Crippen LogP contribution in [0.3, 0.4) is 0 Å². The summed E-state index contributed by atoms with van der Waals surface area (Å²) in [5, 5.41) is 12.3. The third-order valence-corrected chi connectivity index (χ3v) is 6.44. The van der Waals surface area contributed by atoms with Crippen LogP contribution >= 0.6 is 39.3 Å². The Morgan fingerprint density at radius 3 is 2.54 bits per heavy atom. The first-order valence-electron chi connectivity index (χ1n) is 8.05. The zero-order valence-electron chi connectivity index (χ0n) is 13.5. The molecule has 2 rings (SSSR count). The Morgan fingerprint density at radius 2 is 2.00 bits per heavy atom. The molecule has 1 aromatic rings. The van der Waals surface area contributed by atoms with Crippen LogP contribution in [0.2, 0.25) is 5.02 Å². The molecule has 0 aliphatic heterocycles. The third kappa shape index (κ3) is 4.67. The van der Waals surface area contributed by atoms with Gasteiger partial charge in [0, 0.05) is 21.6 Å². The Kier molecular flexibility index (Phi) is 7.01. The number of hydrogen-bond donors (Lipinski definition) is 2. The van der Waals surface area contributed by atoms with Crippen molar-refractivity contribution in [2.24, 2.45) is 0 Å². The summed E-state index contributed by atoms with van der Waals surface area (Å²) in [4.78, 5) is 23.2. The highest BCUT2D eigenvalue weighted by atomic mass is 79.9. The van der Waals surface area contributed by atoms with E-state index in [9.17, 15) is 9.59 Å². The lowest BCUT2D eigenvalue weighted by atomic mass is 9.82. The smallest absolute Gasteiger partial charge is 0.307 e. The van der Waals surface area contributed by atoms with Crippen molar-refractivity contribution in [3.8, 4) is 0 Å². The maximum Gasteiger partial charge on any atom is 0.307 e. The molecule has 1 fully saturated rings. The van der Waals surface area contributed by atoms with Crippen molar-refractivity contribution in [2.75, 3.05) is 6.54 Å². The van der Waals surface area contributed by atoms with Gasteiger partial charge < -0.3 is 10.4 Å². The highest BCUT2D eigenvalue weighted by Crippen LogP contribution is 2.52. The number of aliphatic carboxylic acids is 1. The van der Waals surface area contributed by atoms with Gasteiger partial charge in [-0.3, -0.25) is 9.59 Å². The Morgan fingerprint density at radius 1 is 1.33 bits per heavy atom. The summed E-state index contributed by atoms with van der Waals surface area (Å²) in [6.45, 7) is 2.49. The van der Waals surface area contributed by atoms with Gasteiger partial charge in [-0.2, -0.15) is 0 Å². The number of amides is 1. The predicted octanol–water partition coefficient (Wildman–Crippen LogP) is 5.35. The van der Waals surface area contributed by atoms with Crippen molar-refractivity contribution in [3.63, 3.8) is 0 Å². The zero-order valence-corrected chi connectivity index (χ0v) is 16.7. The lowest BCUT2D eigenvalue weighted by molar-refractivity contribution is -0.136. The molecule has 0 unspecified atom stereocenters. The van der Waals surface area contributed by atoms with Crippen LogP contribution < -0.4 is 5.32 Å². The SMILES string of the molecule is CCNC(=O)SC1(c2c(Cl)cc(CC(=O)O)cc2Br)CCCCC1. The predicted molar refractivity (Wildman–Crippen MR) is 102 cm³/mol. The average molecular weight is 435 g/mol. The molecule has 7 heteroatoms. The zero-order chi connectivity index (χ0) is 17.7. The Hall–Kier alpha value is -0.720. The summed E-state index contributed by atoms with van der Waals surface area (Å²) in [6, 6.07) is 3.52. The molecule has 0 aromatic heterocycles. The maximum absolute atomic E-state index is 12.2. The molecule has 0 bridgehead atoms. The highest BCUT2D eigenvalue weighted by Gasteiger charge is 2.40. The van der Waals surface area contributed by atoms with E-state index in [4.69, 9.17) is 16.7 Å². The van der Waals surface area contributed by atoms with Crippen LogP contribution in [0.4, 0.5) is 4.79 Å². The largest absolute Gasteiger partial charge is 0.481 e. The Bertz CT molecular complexity index is 609. The standard InChI is InChI=1S/C17H21BrClNO3S/c1-2-20-16(23)24-17(6-4-3-5-7-17)15-12(18)8-11(9-13(15)19)10-14(21)22/h8-9H,2-7,10H2,1H3,(H,20,23)(H,21,22). The molecule has 1 aromatic carbocycles. The number of rotatable bonds is 5. The van der Waals surface area contributed by atoms with Gasteiger partial charge in [-0.15, -0.1) is 0 Å². The lowest BCUT2D eigenvalue weighted by Gasteiger charge is -2.38. The fourth-order valence-electron chi connectivity index (χ4n) is 3.22. The number of carboxylic acids is 1. The third-order valence-electron chi connectivity index (χ3n) is 4.18. The van der Waals surface area contributed by atoms with E-state index < -0.39 is 5.97 Å².